The van der Waals surface area contributed by atoms with Crippen LogP contribution in [0.2, 0.25) is 5.02 Å². The minimum Gasteiger partial charge on any atom is -0.399 e. The van der Waals surface area contributed by atoms with Crippen molar-refractivity contribution in [2.45, 2.75) is 0 Å². The van der Waals surface area contributed by atoms with Crippen molar-refractivity contribution in [2.24, 2.45) is 0 Å². The number of rotatable bonds is 1. The highest BCUT2D eigenvalue weighted by Gasteiger charge is 2.05. The molecule has 4 N–H and O–H groups in total. The normalized spacial score (nSPS) is 10.2. The maximum atomic E-state index is 6.04. The Hall–Kier alpha value is -1.81. The third-order valence-electron chi connectivity index (χ3n) is 1.94. The van der Waals surface area contributed by atoms with Gasteiger partial charge in [0.15, 0.2) is 0 Å². The molecule has 1 aromatic carbocycles. The molecular formula is C10H9ClN4. The van der Waals surface area contributed by atoms with Crippen LogP contribution in [0.1, 0.15) is 0 Å². The maximum Gasteiger partial charge on any atom is 0.220 e. The fraction of sp³-hybridized carbons (Fsp3) is 0. The zero-order chi connectivity index (χ0) is 10.8. The molecule has 0 radical (unpaired) electrons. The third-order valence-corrected chi connectivity index (χ3v) is 2.26. The van der Waals surface area contributed by atoms with E-state index in [1.165, 1.54) is 0 Å². The number of hydrogen-bond donors (Lipinski definition) is 2. The molecule has 5 heteroatoms. The molecule has 0 saturated carbocycles. The van der Waals surface area contributed by atoms with Gasteiger partial charge in [0.25, 0.3) is 0 Å². The summed E-state index contributed by atoms with van der Waals surface area (Å²) in [7, 11) is 0. The lowest BCUT2D eigenvalue weighted by molar-refractivity contribution is 1.19. The molecule has 4 nitrogen and oxygen atoms in total. The van der Waals surface area contributed by atoms with Gasteiger partial charge in [0.05, 0.1) is 10.7 Å². The molecule has 1 aromatic heterocycles. The monoisotopic (exact) mass is 220 g/mol. The van der Waals surface area contributed by atoms with E-state index in [0.717, 1.165) is 5.56 Å². The van der Waals surface area contributed by atoms with Crippen LogP contribution in [0.15, 0.2) is 30.5 Å². The van der Waals surface area contributed by atoms with Crippen molar-refractivity contribution in [1.82, 2.24) is 9.97 Å². The first-order valence-electron chi connectivity index (χ1n) is 4.31. The van der Waals surface area contributed by atoms with Gasteiger partial charge in [-0.3, -0.25) is 0 Å². The van der Waals surface area contributed by atoms with Crippen LogP contribution in [0.25, 0.3) is 11.3 Å². The van der Waals surface area contributed by atoms with E-state index in [-0.39, 0.29) is 5.95 Å². The van der Waals surface area contributed by atoms with Gasteiger partial charge in [0.1, 0.15) is 0 Å². The van der Waals surface area contributed by atoms with Crippen LogP contribution in [-0.4, -0.2) is 9.97 Å². The van der Waals surface area contributed by atoms with Crippen LogP contribution < -0.4 is 11.5 Å². The van der Waals surface area contributed by atoms with Crippen LogP contribution in [0.3, 0.4) is 0 Å². The smallest absolute Gasteiger partial charge is 0.220 e. The summed E-state index contributed by atoms with van der Waals surface area (Å²) in [6.45, 7) is 0. The van der Waals surface area contributed by atoms with E-state index in [4.69, 9.17) is 23.1 Å². The first kappa shape index (κ1) is 9.73. The van der Waals surface area contributed by atoms with Gasteiger partial charge in [-0.25, -0.2) is 9.97 Å². The summed E-state index contributed by atoms with van der Waals surface area (Å²) in [5.41, 5.74) is 13.2. The van der Waals surface area contributed by atoms with E-state index in [2.05, 4.69) is 9.97 Å². The Morgan fingerprint density at radius 1 is 1.13 bits per heavy atom. The standard InChI is InChI=1S/C10H9ClN4/c11-8-5-6(12)1-2-7(8)9-3-4-14-10(13)15-9/h1-5H,12H2,(H2,13,14,15). The van der Waals surface area contributed by atoms with Gasteiger partial charge in [-0.05, 0) is 24.3 Å². The molecule has 2 rings (SSSR count). The average Bonchev–Trinajstić information content (AvgIpc) is 2.17. The zero-order valence-corrected chi connectivity index (χ0v) is 8.57. The highest BCUT2D eigenvalue weighted by Crippen LogP contribution is 2.27. The second kappa shape index (κ2) is 3.74. The van der Waals surface area contributed by atoms with Crippen molar-refractivity contribution < 1.29 is 0 Å². The predicted octanol–water partition coefficient (Wildman–Crippen LogP) is 1.96. The molecule has 0 fully saturated rings. The minimum atomic E-state index is 0.223. The summed E-state index contributed by atoms with van der Waals surface area (Å²) in [6.07, 6.45) is 1.59. The third kappa shape index (κ3) is 1.99. The Bertz CT molecular complexity index is 499. The van der Waals surface area contributed by atoms with Gasteiger partial charge in [-0.2, -0.15) is 0 Å². The molecule has 15 heavy (non-hydrogen) atoms. The quantitative estimate of drug-likeness (QED) is 0.721. The van der Waals surface area contributed by atoms with Crippen LogP contribution in [-0.2, 0) is 0 Å². The Morgan fingerprint density at radius 2 is 1.93 bits per heavy atom. The number of nitrogens with two attached hydrogens (primary N) is 2. The topological polar surface area (TPSA) is 77.8 Å². The fourth-order valence-corrected chi connectivity index (χ4v) is 1.55. The molecular weight excluding hydrogens is 212 g/mol. The summed E-state index contributed by atoms with van der Waals surface area (Å²) in [5.74, 6) is 0.223. The summed E-state index contributed by atoms with van der Waals surface area (Å²) in [6, 6.07) is 6.99. The molecule has 0 aliphatic rings. The summed E-state index contributed by atoms with van der Waals surface area (Å²) in [5, 5.41) is 0.549. The fourth-order valence-electron chi connectivity index (χ4n) is 1.26. The predicted molar refractivity (Wildman–Crippen MR) is 61.3 cm³/mol. The number of nitrogens with zero attached hydrogens (tertiary/aromatic N) is 2. The van der Waals surface area contributed by atoms with E-state index in [0.29, 0.717) is 16.4 Å². The summed E-state index contributed by atoms with van der Waals surface area (Å²) >= 11 is 6.04. The molecule has 76 valence electrons. The lowest BCUT2D eigenvalue weighted by atomic mass is 10.1. The molecule has 0 aliphatic heterocycles. The van der Waals surface area contributed by atoms with Crippen LogP contribution in [0.5, 0.6) is 0 Å². The average molecular weight is 221 g/mol. The highest BCUT2D eigenvalue weighted by atomic mass is 35.5. The first-order valence-corrected chi connectivity index (χ1v) is 4.68. The van der Waals surface area contributed by atoms with Gasteiger partial charge in [0, 0.05) is 17.4 Å². The Kier molecular flexibility index (Phi) is 2.43. The van der Waals surface area contributed by atoms with Gasteiger partial charge in [-0.15, -0.1) is 0 Å². The van der Waals surface area contributed by atoms with E-state index in [1.807, 2.05) is 0 Å². The lowest BCUT2D eigenvalue weighted by Gasteiger charge is -2.04. The number of aromatic nitrogens is 2. The number of anilines is 2. The molecule has 0 bridgehead atoms. The molecule has 0 atom stereocenters. The van der Waals surface area contributed by atoms with Crippen molar-refractivity contribution in [3.63, 3.8) is 0 Å². The lowest BCUT2D eigenvalue weighted by Crippen LogP contribution is -1.95. The van der Waals surface area contributed by atoms with Crippen LogP contribution in [0, 0.1) is 0 Å². The van der Waals surface area contributed by atoms with Gasteiger partial charge < -0.3 is 11.5 Å². The second-order valence-corrected chi connectivity index (χ2v) is 3.45. The Morgan fingerprint density at radius 3 is 2.60 bits per heavy atom. The summed E-state index contributed by atoms with van der Waals surface area (Å²) in [4.78, 5) is 7.89. The number of hydrogen-bond acceptors (Lipinski definition) is 4. The first-order chi connectivity index (χ1) is 7.16. The van der Waals surface area contributed by atoms with Gasteiger partial charge in [-0.1, -0.05) is 11.6 Å². The van der Waals surface area contributed by atoms with Crippen molar-refractivity contribution in [2.75, 3.05) is 11.5 Å². The van der Waals surface area contributed by atoms with Crippen molar-refractivity contribution in [3.05, 3.63) is 35.5 Å². The molecule has 0 spiro atoms. The van der Waals surface area contributed by atoms with Crippen LogP contribution >= 0.6 is 11.6 Å². The molecule has 0 aliphatic carbocycles. The minimum absolute atomic E-state index is 0.223. The molecule has 0 unspecified atom stereocenters. The van der Waals surface area contributed by atoms with Crippen molar-refractivity contribution in [3.8, 4) is 11.3 Å². The van der Waals surface area contributed by atoms with E-state index in [9.17, 15) is 0 Å². The Labute approximate surface area is 91.9 Å². The highest BCUT2D eigenvalue weighted by molar-refractivity contribution is 6.33. The number of benzene rings is 1. The number of nitrogen functional groups attached to an aromatic ring is 2. The van der Waals surface area contributed by atoms with E-state index in [1.54, 1.807) is 30.5 Å². The molecule has 0 saturated heterocycles. The largest absolute Gasteiger partial charge is 0.399 e. The van der Waals surface area contributed by atoms with Crippen molar-refractivity contribution in [1.29, 1.82) is 0 Å². The van der Waals surface area contributed by atoms with Crippen molar-refractivity contribution >= 4 is 23.2 Å². The summed E-state index contributed by atoms with van der Waals surface area (Å²) < 4.78 is 0. The molecule has 0 amide bonds. The van der Waals surface area contributed by atoms with E-state index < -0.39 is 0 Å². The van der Waals surface area contributed by atoms with E-state index >= 15 is 0 Å². The zero-order valence-electron chi connectivity index (χ0n) is 7.81. The maximum absolute atomic E-state index is 6.04. The number of halogens is 1. The van der Waals surface area contributed by atoms with Gasteiger partial charge in [0.2, 0.25) is 5.95 Å². The second-order valence-electron chi connectivity index (χ2n) is 3.04. The SMILES string of the molecule is Nc1ccc(-c2ccnc(N)n2)c(Cl)c1. The molecule has 1 heterocycles. The Balaban J connectivity index is 2.54. The van der Waals surface area contributed by atoms with Gasteiger partial charge >= 0.3 is 0 Å². The molecule has 2 aromatic rings. The van der Waals surface area contributed by atoms with Crippen LogP contribution in [0.4, 0.5) is 11.6 Å².